The van der Waals surface area contributed by atoms with Crippen LogP contribution in [-0.2, 0) is 13.1 Å². The number of imidazole rings is 1. The van der Waals surface area contributed by atoms with Crippen LogP contribution in [0.15, 0.2) is 30.6 Å². The number of aryl methyl sites for hydroxylation is 1. The van der Waals surface area contributed by atoms with Crippen LogP contribution in [0.4, 0.5) is 0 Å². The Balaban J connectivity index is 2.46. The van der Waals surface area contributed by atoms with Crippen molar-refractivity contribution in [2.24, 2.45) is 5.73 Å². The summed E-state index contributed by atoms with van der Waals surface area (Å²) in [6.07, 6.45) is 3.31. The molecule has 1 aromatic heterocycles. The van der Waals surface area contributed by atoms with E-state index in [2.05, 4.69) is 22.5 Å². The zero-order valence-electron chi connectivity index (χ0n) is 11.2. The second-order valence-corrected chi connectivity index (χ2v) is 4.34. The van der Waals surface area contributed by atoms with E-state index in [0.29, 0.717) is 12.1 Å². The largest absolute Gasteiger partial charge is 0.403 e. The molecule has 2 aromatic rings. The average Bonchev–Trinajstić information content (AvgIpc) is 2.74. The number of fused-ring (bicyclic) bond motifs is 1. The molecule has 2 N–H and O–H groups in total. The summed E-state index contributed by atoms with van der Waals surface area (Å²) in [5, 5.41) is 8.93. The van der Waals surface area contributed by atoms with E-state index in [4.69, 9.17) is 11.0 Å². The third-order valence-corrected chi connectivity index (χ3v) is 3.00. The Bertz CT molecular complexity index is 648. The van der Waals surface area contributed by atoms with Crippen LogP contribution in [0.5, 0.6) is 0 Å². The van der Waals surface area contributed by atoms with Gasteiger partial charge in [0.2, 0.25) is 0 Å². The minimum atomic E-state index is 0.634. The first kappa shape index (κ1) is 13.0. The van der Waals surface area contributed by atoms with Gasteiger partial charge in [0.05, 0.1) is 29.2 Å². The molecular formula is C14H17N5. The van der Waals surface area contributed by atoms with Crippen molar-refractivity contribution in [1.29, 1.82) is 5.26 Å². The van der Waals surface area contributed by atoms with Gasteiger partial charge in [0, 0.05) is 26.0 Å². The van der Waals surface area contributed by atoms with Gasteiger partial charge in [-0.25, -0.2) is 4.98 Å². The fourth-order valence-corrected chi connectivity index (χ4v) is 2.15. The number of nitrogens with two attached hydrogens (primary N) is 1. The lowest BCUT2D eigenvalue weighted by molar-refractivity contribution is 0.425. The van der Waals surface area contributed by atoms with Crippen molar-refractivity contribution in [3.05, 3.63) is 42.0 Å². The number of benzene rings is 1. The molecule has 0 atom stereocenters. The lowest BCUT2D eigenvalue weighted by atomic mass is 10.2. The number of aromatic nitrogens is 2. The van der Waals surface area contributed by atoms with Gasteiger partial charge in [0.15, 0.2) is 0 Å². The van der Waals surface area contributed by atoms with Crippen LogP contribution in [-0.4, -0.2) is 21.5 Å². The molecule has 19 heavy (non-hydrogen) atoms. The molecular weight excluding hydrogens is 238 g/mol. The molecule has 5 nitrogen and oxygen atoms in total. The summed E-state index contributed by atoms with van der Waals surface area (Å²) in [5.41, 5.74) is 7.93. The van der Waals surface area contributed by atoms with Crippen molar-refractivity contribution in [2.75, 3.05) is 7.05 Å². The molecule has 2 rings (SSSR count). The van der Waals surface area contributed by atoms with Crippen LogP contribution < -0.4 is 5.73 Å². The quantitative estimate of drug-likeness (QED) is 0.904. The van der Waals surface area contributed by atoms with Crippen LogP contribution >= 0.6 is 0 Å². The fourth-order valence-electron chi connectivity index (χ4n) is 2.15. The number of nitrogens with zero attached hydrogens (tertiary/aromatic N) is 4. The number of nitriles is 1. The van der Waals surface area contributed by atoms with E-state index >= 15 is 0 Å². The van der Waals surface area contributed by atoms with E-state index in [-0.39, 0.29) is 0 Å². The van der Waals surface area contributed by atoms with Gasteiger partial charge in [-0.15, -0.1) is 0 Å². The third kappa shape index (κ3) is 2.52. The van der Waals surface area contributed by atoms with Crippen molar-refractivity contribution in [3.63, 3.8) is 0 Å². The van der Waals surface area contributed by atoms with Crippen molar-refractivity contribution in [1.82, 2.24) is 14.5 Å². The predicted molar refractivity (Wildman–Crippen MR) is 74.9 cm³/mol. The normalized spacial score (nSPS) is 11.0. The van der Waals surface area contributed by atoms with Gasteiger partial charge in [-0.05, 0) is 25.1 Å². The molecule has 0 unspecified atom stereocenters. The van der Waals surface area contributed by atoms with E-state index in [0.717, 1.165) is 23.4 Å². The number of hydrogen-bond acceptors (Lipinski definition) is 4. The third-order valence-electron chi connectivity index (χ3n) is 3.00. The minimum absolute atomic E-state index is 0.634. The molecule has 0 spiro atoms. The van der Waals surface area contributed by atoms with Gasteiger partial charge < -0.3 is 15.2 Å². The van der Waals surface area contributed by atoms with E-state index < -0.39 is 0 Å². The highest BCUT2D eigenvalue weighted by molar-refractivity contribution is 5.77. The highest BCUT2D eigenvalue weighted by Gasteiger charge is 2.10. The zero-order chi connectivity index (χ0) is 13.8. The Morgan fingerprint density at radius 3 is 2.95 bits per heavy atom. The lowest BCUT2D eigenvalue weighted by Crippen LogP contribution is -2.15. The number of hydrogen-bond donors (Lipinski definition) is 1. The van der Waals surface area contributed by atoms with Crippen LogP contribution in [0.1, 0.15) is 18.3 Å². The first-order chi connectivity index (χ1) is 9.19. The van der Waals surface area contributed by atoms with Gasteiger partial charge in [-0.2, -0.15) is 5.26 Å². The fraction of sp³-hybridized carbons (Fsp3) is 0.286. The van der Waals surface area contributed by atoms with Crippen molar-refractivity contribution in [3.8, 4) is 6.07 Å². The molecule has 0 radical (unpaired) electrons. The Kier molecular flexibility index (Phi) is 3.71. The molecule has 0 saturated carbocycles. The molecule has 5 heteroatoms. The highest BCUT2D eigenvalue weighted by Crippen LogP contribution is 2.18. The standard InChI is InChI=1S/C14H17N5/c1-3-19-13-5-4-11(9-16)8-12(13)17-14(19)10-18(2)7-6-15/h4-8H,3,10,15H2,1-2H3/b7-6-. The predicted octanol–water partition coefficient (Wildman–Crippen LogP) is 1.79. The average molecular weight is 255 g/mol. The van der Waals surface area contributed by atoms with Crippen LogP contribution in [0.3, 0.4) is 0 Å². The van der Waals surface area contributed by atoms with Gasteiger partial charge >= 0.3 is 0 Å². The second kappa shape index (κ2) is 5.44. The Labute approximate surface area is 112 Å². The summed E-state index contributed by atoms with van der Waals surface area (Å²) >= 11 is 0. The van der Waals surface area contributed by atoms with E-state index in [1.54, 1.807) is 6.20 Å². The summed E-state index contributed by atoms with van der Waals surface area (Å²) < 4.78 is 2.15. The maximum Gasteiger partial charge on any atom is 0.129 e. The molecule has 0 fully saturated rings. The maximum absolute atomic E-state index is 8.93. The first-order valence-electron chi connectivity index (χ1n) is 6.17. The molecule has 0 saturated heterocycles. The molecule has 0 aliphatic rings. The molecule has 0 aliphatic heterocycles. The SMILES string of the molecule is CCn1c(CN(C)/C=C\N)nc2cc(C#N)ccc21. The monoisotopic (exact) mass is 255 g/mol. The number of rotatable bonds is 4. The highest BCUT2D eigenvalue weighted by atomic mass is 15.2. The van der Waals surface area contributed by atoms with E-state index in [9.17, 15) is 0 Å². The smallest absolute Gasteiger partial charge is 0.129 e. The van der Waals surface area contributed by atoms with Crippen molar-refractivity contribution in [2.45, 2.75) is 20.0 Å². The zero-order valence-corrected chi connectivity index (χ0v) is 11.2. The molecule has 1 aromatic carbocycles. The summed E-state index contributed by atoms with van der Waals surface area (Å²) in [4.78, 5) is 6.58. The van der Waals surface area contributed by atoms with Gasteiger partial charge in [-0.1, -0.05) is 0 Å². The topological polar surface area (TPSA) is 70.9 Å². The summed E-state index contributed by atoms with van der Waals surface area (Å²) in [6.45, 7) is 3.61. The van der Waals surface area contributed by atoms with Gasteiger partial charge in [0.1, 0.15) is 5.82 Å². The molecule has 1 heterocycles. The molecule has 0 aliphatic carbocycles. The Morgan fingerprint density at radius 2 is 2.32 bits per heavy atom. The minimum Gasteiger partial charge on any atom is -0.403 e. The first-order valence-corrected chi connectivity index (χ1v) is 6.17. The Morgan fingerprint density at radius 1 is 1.53 bits per heavy atom. The van der Waals surface area contributed by atoms with Crippen molar-refractivity contribution >= 4 is 11.0 Å². The maximum atomic E-state index is 8.93. The molecule has 0 amide bonds. The molecule has 0 bridgehead atoms. The summed E-state index contributed by atoms with van der Waals surface area (Å²) in [6, 6.07) is 7.74. The van der Waals surface area contributed by atoms with Crippen LogP contribution in [0, 0.1) is 11.3 Å². The summed E-state index contributed by atoms with van der Waals surface area (Å²) in [7, 11) is 1.95. The molecule has 98 valence electrons. The van der Waals surface area contributed by atoms with E-state index in [1.807, 2.05) is 30.1 Å². The van der Waals surface area contributed by atoms with Crippen LogP contribution in [0.25, 0.3) is 11.0 Å². The van der Waals surface area contributed by atoms with Gasteiger partial charge in [-0.3, -0.25) is 0 Å². The Hall–Kier alpha value is -2.48. The van der Waals surface area contributed by atoms with Crippen molar-refractivity contribution < 1.29 is 0 Å². The lowest BCUT2D eigenvalue weighted by Gasteiger charge is -2.14. The summed E-state index contributed by atoms with van der Waals surface area (Å²) in [5.74, 6) is 0.966. The van der Waals surface area contributed by atoms with Gasteiger partial charge in [0.25, 0.3) is 0 Å². The second-order valence-electron chi connectivity index (χ2n) is 4.34. The van der Waals surface area contributed by atoms with Crippen LogP contribution in [0.2, 0.25) is 0 Å². The van der Waals surface area contributed by atoms with E-state index in [1.165, 1.54) is 6.20 Å².